The van der Waals surface area contributed by atoms with E-state index in [1.807, 2.05) is 11.6 Å². The van der Waals surface area contributed by atoms with Crippen LogP contribution in [0.4, 0.5) is 0 Å². The smallest absolute Gasteiger partial charge is 0.322 e. The van der Waals surface area contributed by atoms with Gasteiger partial charge in [-0.15, -0.1) is 10.2 Å². The second-order valence-electron chi connectivity index (χ2n) is 3.89. The van der Waals surface area contributed by atoms with Crippen LogP contribution in [0.2, 0.25) is 0 Å². The summed E-state index contributed by atoms with van der Waals surface area (Å²) >= 11 is 1.58. The van der Waals surface area contributed by atoms with Gasteiger partial charge >= 0.3 is 5.97 Å². The minimum atomic E-state index is -0.240. The largest absolute Gasteiger partial charge is 0.468 e. The van der Waals surface area contributed by atoms with E-state index in [-0.39, 0.29) is 12.0 Å². The van der Waals surface area contributed by atoms with Crippen molar-refractivity contribution in [1.82, 2.24) is 20.1 Å². The van der Waals surface area contributed by atoms with Gasteiger partial charge in [0.1, 0.15) is 12.4 Å². The molecule has 18 heavy (non-hydrogen) atoms. The van der Waals surface area contributed by atoms with Gasteiger partial charge in [-0.2, -0.15) is 0 Å². The molecule has 1 aromatic heterocycles. The Morgan fingerprint density at radius 3 is 3.00 bits per heavy atom. The predicted octanol–water partition coefficient (Wildman–Crippen LogP) is 0.838. The van der Waals surface area contributed by atoms with Crippen LogP contribution in [0, 0.1) is 0 Å². The summed E-state index contributed by atoms with van der Waals surface area (Å²) in [5, 5.41) is 11.8. The minimum absolute atomic E-state index is 0.206. The summed E-state index contributed by atoms with van der Waals surface area (Å²) in [5.74, 6) is 0.588. The molecule has 1 unspecified atom stereocenters. The molecule has 1 aromatic rings. The number of aromatic nitrogens is 3. The number of hydrogen-bond acceptors (Lipinski definition) is 6. The molecule has 0 fully saturated rings. The lowest BCUT2D eigenvalue weighted by Crippen LogP contribution is -2.38. The Balaban J connectivity index is 2.37. The van der Waals surface area contributed by atoms with Gasteiger partial charge < -0.3 is 14.6 Å². The summed E-state index contributed by atoms with van der Waals surface area (Å²) in [4.78, 5) is 11.5. The molecule has 0 bridgehead atoms. The van der Waals surface area contributed by atoms with Gasteiger partial charge in [0.15, 0.2) is 5.16 Å². The number of nitrogens with zero attached hydrogens (tertiary/aromatic N) is 3. The lowest BCUT2D eigenvalue weighted by Gasteiger charge is -2.15. The molecular weight excluding hydrogens is 252 g/mol. The molecule has 1 rings (SSSR count). The van der Waals surface area contributed by atoms with Gasteiger partial charge in [-0.1, -0.05) is 18.7 Å². The van der Waals surface area contributed by atoms with E-state index in [0.717, 1.165) is 23.9 Å². The topological polar surface area (TPSA) is 69.0 Å². The number of methoxy groups -OCH3 is 1. The van der Waals surface area contributed by atoms with E-state index in [9.17, 15) is 4.79 Å². The van der Waals surface area contributed by atoms with Gasteiger partial charge in [0, 0.05) is 12.8 Å². The van der Waals surface area contributed by atoms with Gasteiger partial charge in [-0.25, -0.2) is 0 Å². The lowest BCUT2D eigenvalue weighted by molar-refractivity contribution is -0.143. The summed E-state index contributed by atoms with van der Waals surface area (Å²) in [6.07, 6.45) is 3.36. The average molecular weight is 272 g/mol. The van der Waals surface area contributed by atoms with Crippen LogP contribution in [-0.4, -0.2) is 46.2 Å². The fourth-order valence-corrected chi connectivity index (χ4v) is 2.33. The number of carbonyl (C=O) groups is 1. The number of nitrogens with one attached hydrogen (secondary N) is 1. The van der Waals surface area contributed by atoms with Gasteiger partial charge in [0.25, 0.3) is 0 Å². The van der Waals surface area contributed by atoms with Crippen molar-refractivity contribution in [3.8, 4) is 0 Å². The number of esters is 1. The van der Waals surface area contributed by atoms with Crippen LogP contribution in [0.3, 0.4) is 0 Å². The van der Waals surface area contributed by atoms with Crippen molar-refractivity contribution < 1.29 is 9.53 Å². The number of hydrogen-bond donors (Lipinski definition) is 1. The Kier molecular flexibility index (Phi) is 6.74. The Labute approximate surface area is 111 Å². The van der Waals surface area contributed by atoms with Crippen molar-refractivity contribution in [2.75, 3.05) is 19.4 Å². The number of thioether (sulfide) groups is 1. The number of carbonyl (C=O) groups excluding carboxylic acids is 1. The average Bonchev–Trinajstić information content (AvgIpc) is 2.78. The molecule has 0 radical (unpaired) electrons. The Hall–Kier alpha value is -1.08. The van der Waals surface area contributed by atoms with Crippen LogP contribution >= 0.6 is 11.8 Å². The molecule has 0 spiro atoms. The quantitative estimate of drug-likeness (QED) is 0.558. The second kappa shape index (κ2) is 8.10. The van der Waals surface area contributed by atoms with Crippen LogP contribution in [0.1, 0.15) is 19.8 Å². The minimum Gasteiger partial charge on any atom is -0.468 e. The van der Waals surface area contributed by atoms with Crippen LogP contribution in [0.25, 0.3) is 0 Å². The molecule has 0 aliphatic carbocycles. The molecule has 7 heteroatoms. The first-order valence-corrected chi connectivity index (χ1v) is 6.95. The Morgan fingerprint density at radius 2 is 2.44 bits per heavy atom. The van der Waals surface area contributed by atoms with Crippen molar-refractivity contribution in [3.63, 3.8) is 0 Å². The highest BCUT2D eigenvalue weighted by atomic mass is 32.2. The number of ether oxygens (including phenoxy) is 1. The molecule has 0 aromatic carbocycles. The number of rotatable bonds is 8. The van der Waals surface area contributed by atoms with Crippen LogP contribution in [0.5, 0.6) is 0 Å². The first kappa shape index (κ1) is 15.0. The molecule has 0 aliphatic rings. The molecule has 1 heterocycles. The summed E-state index contributed by atoms with van der Waals surface area (Å²) in [5.41, 5.74) is 0. The summed E-state index contributed by atoms with van der Waals surface area (Å²) < 4.78 is 6.64. The van der Waals surface area contributed by atoms with E-state index in [1.165, 1.54) is 7.11 Å². The van der Waals surface area contributed by atoms with Gasteiger partial charge in [0.2, 0.25) is 0 Å². The zero-order valence-corrected chi connectivity index (χ0v) is 11.9. The van der Waals surface area contributed by atoms with E-state index >= 15 is 0 Å². The summed E-state index contributed by atoms with van der Waals surface area (Å²) in [7, 11) is 3.31. The third kappa shape index (κ3) is 4.66. The van der Waals surface area contributed by atoms with E-state index in [1.54, 1.807) is 18.1 Å². The lowest BCUT2D eigenvalue weighted by atomic mass is 10.2. The highest BCUT2D eigenvalue weighted by molar-refractivity contribution is 7.99. The molecule has 0 saturated heterocycles. The molecule has 0 amide bonds. The van der Waals surface area contributed by atoms with Gasteiger partial charge in [-0.3, -0.25) is 4.79 Å². The normalized spacial score (nSPS) is 12.4. The molecule has 1 N–H and O–H groups in total. The van der Waals surface area contributed by atoms with Crippen molar-refractivity contribution in [1.29, 1.82) is 0 Å². The van der Waals surface area contributed by atoms with E-state index < -0.39 is 0 Å². The van der Waals surface area contributed by atoms with Crippen LogP contribution in [-0.2, 0) is 16.6 Å². The Bertz CT molecular complexity index is 370. The highest BCUT2D eigenvalue weighted by Crippen LogP contribution is 2.15. The maximum Gasteiger partial charge on any atom is 0.322 e. The molecule has 102 valence electrons. The fraction of sp³-hybridized carbons (Fsp3) is 0.727. The first-order chi connectivity index (χ1) is 8.69. The van der Waals surface area contributed by atoms with Crippen molar-refractivity contribution >= 4 is 17.7 Å². The molecular formula is C11H20N4O2S. The van der Waals surface area contributed by atoms with E-state index in [2.05, 4.69) is 22.4 Å². The zero-order chi connectivity index (χ0) is 13.4. The second-order valence-corrected chi connectivity index (χ2v) is 4.95. The fourth-order valence-electron chi connectivity index (χ4n) is 1.44. The van der Waals surface area contributed by atoms with Gasteiger partial charge in [0.05, 0.1) is 7.11 Å². The first-order valence-electron chi connectivity index (χ1n) is 5.97. The zero-order valence-electron chi connectivity index (χ0n) is 11.0. The maximum atomic E-state index is 11.5. The van der Waals surface area contributed by atoms with E-state index in [0.29, 0.717) is 6.42 Å². The summed E-state index contributed by atoms with van der Waals surface area (Å²) in [6, 6.07) is -0.240. The molecule has 6 nitrogen and oxygen atoms in total. The monoisotopic (exact) mass is 272 g/mol. The van der Waals surface area contributed by atoms with Crippen LogP contribution < -0.4 is 5.32 Å². The molecule has 0 saturated carbocycles. The van der Waals surface area contributed by atoms with Crippen LogP contribution in [0.15, 0.2) is 11.5 Å². The summed E-state index contributed by atoms with van der Waals surface area (Å²) in [6.45, 7) is 2.88. The highest BCUT2D eigenvalue weighted by Gasteiger charge is 2.18. The molecule has 0 aliphatic heterocycles. The van der Waals surface area contributed by atoms with Crippen molar-refractivity contribution in [3.05, 3.63) is 6.33 Å². The third-order valence-electron chi connectivity index (χ3n) is 2.43. The van der Waals surface area contributed by atoms with E-state index in [4.69, 9.17) is 4.74 Å². The molecule has 1 atom stereocenters. The predicted molar refractivity (Wildman–Crippen MR) is 70.4 cm³/mol. The van der Waals surface area contributed by atoms with Gasteiger partial charge in [-0.05, 0) is 19.4 Å². The Morgan fingerprint density at radius 1 is 1.67 bits per heavy atom. The SMILES string of the molecule is CCCNC(CCSc1nncn1C)C(=O)OC. The maximum absolute atomic E-state index is 11.5. The van der Waals surface area contributed by atoms with Crippen molar-refractivity contribution in [2.24, 2.45) is 7.05 Å². The number of aryl methyl sites for hydroxylation is 1. The third-order valence-corrected chi connectivity index (χ3v) is 3.50. The standard InChI is InChI=1S/C11H20N4O2S/c1-4-6-12-9(10(16)17-3)5-7-18-11-14-13-8-15(11)2/h8-9,12H,4-7H2,1-3H3. The van der Waals surface area contributed by atoms with Crippen molar-refractivity contribution in [2.45, 2.75) is 31.0 Å².